The van der Waals surface area contributed by atoms with Crippen LogP contribution in [0.1, 0.15) is 41.5 Å². The van der Waals surface area contributed by atoms with Gasteiger partial charge in [-0.3, -0.25) is 4.79 Å². The molecule has 0 radical (unpaired) electrons. The molecule has 0 aliphatic rings. The smallest absolute Gasteiger partial charge is 0.340 e. The lowest BCUT2D eigenvalue weighted by molar-refractivity contribution is 0.00708. The first kappa shape index (κ1) is 23.2. The maximum absolute atomic E-state index is 12.7. The fraction of sp³-hybridized carbons (Fsp3) is 0.160. The zero-order valence-electron chi connectivity index (χ0n) is 17.6. The minimum absolute atomic E-state index is 0.282. The van der Waals surface area contributed by atoms with E-state index in [9.17, 15) is 9.59 Å². The third kappa shape index (κ3) is 7.02. The van der Waals surface area contributed by atoms with Crippen LogP contribution in [0.2, 0.25) is 0 Å². The van der Waals surface area contributed by atoms with E-state index in [4.69, 9.17) is 15.1 Å². The summed E-state index contributed by atoms with van der Waals surface area (Å²) in [5, 5.41) is 16.6. The Balaban J connectivity index is 0.00000107. The third-order valence-corrected chi connectivity index (χ3v) is 4.03. The Morgan fingerprint density at radius 1 is 0.903 bits per heavy atom. The molecule has 3 rings (SSSR count). The van der Waals surface area contributed by atoms with Gasteiger partial charge in [-0.25, -0.2) is 4.79 Å². The van der Waals surface area contributed by atoms with Crippen LogP contribution in [-0.2, 0) is 4.74 Å². The number of rotatable bonds is 4. The molecule has 3 aromatic carbocycles. The zero-order valence-corrected chi connectivity index (χ0v) is 17.6. The molecular weight excluding hydrogens is 392 g/mol. The van der Waals surface area contributed by atoms with Gasteiger partial charge >= 0.3 is 5.97 Å². The molecule has 0 heterocycles. The van der Waals surface area contributed by atoms with Gasteiger partial charge in [0, 0.05) is 5.56 Å². The van der Waals surface area contributed by atoms with Crippen molar-refractivity contribution < 1.29 is 19.4 Å². The first-order chi connectivity index (χ1) is 14.7. The lowest BCUT2D eigenvalue weighted by Crippen LogP contribution is -2.25. The topological polar surface area (TPSA) is 99.4 Å². The standard InChI is InChI=1S/C24H23NO3.CHNO/c1-24(2,3)28-23(27)20-15-14-19(17-10-6-4-7-11-17)16-21(20)25-22(26)18-12-8-5-9-13-18;2-1-3/h4-16H,1-3H3,(H,25,26);3H. The average molecular weight is 416 g/mol. The summed E-state index contributed by atoms with van der Waals surface area (Å²) in [6.45, 7) is 5.43. The van der Waals surface area contributed by atoms with Gasteiger partial charge in [0.2, 0.25) is 0 Å². The van der Waals surface area contributed by atoms with Crippen molar-refractivity contribution in [3.63, 3.8) is 0 Å². The van der Waals surface area contributed by atoms with Crippen molar-refractivity contribution in [3.05, 3.63) is 90.0 Å². The quantitative estimate of drug-likeness (QED) is 0.438. The van der Waals surface area contributed by atoms with Gasteiger partial charge in [-0.05, 0) is 56.2 Å². The van der Waals surface area contributed by atoms with Gasteiger partial charge in [-0.15, -0.1) is 0 Å². The van der Waals surface area contributed by atoms with Crippen molar-refractivity contribution in [1.29, 1.82) is 5.26 Å². The van der Waals surface area contributed by atoms with E-state index in [2.05, 4.69) is 5.32 Å². The number of amides is 1. The molecule has 0 atom stereocenters. The molecule has 0 aromatic heterocycles. The Hall–Kier alpha value is -4.11. The van der Waals surface area contributed by atoms with Crippen LogP contribution < -0.4 is 5.32 Å². The Kier molecular flexibility index (Phi) is 7.93. The van der Waals surface area contributed by atoms with Crippen LogP contribution in [0, 0.1) is 11.5 Å². The Bertz CT molecular complexity index is 1070. The number of nitriles is 1. The molecule has 0 fully saturated rings. The number of ether oxygens (including phenoxy) is 1. The minimum Gasteiger partial charge on any atom is -0.456 e. The SMILES string of the molecule is CC(C)(C)OC(=O)c1ccc(-c2ccccc2)cc1NC(=O)c1ccccc1.N#CO. The maximum atomic E-state index is 12.7. The van der Waals surface area contributed by atoms with Gasteiger partial charge in [0.05, 0.1) is 11.3 Å². The number of aliphatic hydroxyl groups is 1. The zero-order chi connectivity index (χ0) is 22.9. The fourth-order valence-corrected chi connectivity index (χ4v) is 2.75. The molecular formula is C25H24N2O4. The lowest BCUT2D eigenvalue weighted by atomic mass is 10.0. The second kappa shape index (κ2) is 10.6. The number of hydrogen-bond acceptors (Lipinski definition) is 5. The van der Waals surface area contributed by atoms with Gasteiger partial charge in [-0.1, -0.05) is 54.6 Å². The largest absolute Gasteiger partial charge is 0.456 e. The molecule has 0 aliphatic carbocycles. The van der Waals surface area contributed by atoms with Crippen LogP contribution >= 0.6 is 0 Å². The number of hydrogen-bond donors (Lipinski definition) is 2. The van der Waals surface area contributed by atoms with Crippen LogP contribution in [0.3, 0.4) is 0 Å². The van der Waals surface area contributed by atoms with Gasteiger partial charge < -0.3 is 15.2 Å². The van der Waals surface area contributed by atoms with Crippen molar-refractivity contribution >= 4 is 17.6 Å². The van der Waals surface area contributed by atoms with Gasteiger partial charge in [0.15, 0.2) is 0 Å². The van der Waals surface area contributed by atoms with Crippen molar-refractivity contribution in [3.8, 4) is 17.4 Å². The van der Waals surface area contributed by atoms with E-state index in [-0.39, 0.29) is 5.91 Å². The first-order valence-electron chi connectivity index (χ1n) is 9.57. The second-order valence-corrected chi connectivity index (χ2v) is 7.55. The van der Waals surface area contributed by atoms with Gasteiger partial charge in [-0.2, -0.15) is 5.26 Å². The summed E-state index contributed by atoms with van der Waals surface area (Å²) in [5.41, 5.74) is 2.52. The highest BCUT2D eigenvalue weighted by Gasteiger charge is 2.22. The van der Waals surface area contributed by atoms with E-state index in [1.807, 2.05) is 63.2 Å². The molecule has 3 aromatic rings. The van der Waals surface area contributed by atoms with Crippen molar-refractivity contribution in [2.24, 2.45) is 0 Å². The molecule has 1 amide bonds. The number of anilines is 1. The van der Waals surface area contributed by atoms with Crippen LogP contribution in [0.4, 0.5) is 5.69 Å². The maximum Gasteiger partial charge on any atom is 0.340 e. The first-order valence-corrected chi connectivity index (χ1v) is 9.57. The highest BCUT2D eigenvalue weighted by molar-refractivity contribution is 6.08. The van der Waals surface area contributed by atoms with Crippen LogP contribution in [-0.4, -0.2) is 22.6 Å². The van der Waals surface area contributed by atoms with E-state index < -0.39 is 11.6 Å². The number of benzene rings is 3. The molecule has 2 N–H and O–H groups in total. The molecule has 0 unspecified atom stereocenters. The van der Waals surface area contributed by atoms with E-state index in [0.717, 1.165) is 17.4 Å². The minimum atomic E-state index is -0.629. The molecule has 0 bridgehead atoms. The highest BCUT2D eigenvalue weighted by Crippen LogP contribution is 2.28. The van der Waals surface area contributed by atoms with E-state index >= 15 is 0 Å². The molecule has 0 aliphatic heterocycles. The molecule has 0 saturated heterocycles. The Morgan fingerprint density at radius 2 is 1.45 bits per heavy atom. The lowest BCUT2D eigenvalue weighted by Gasteiger charge is -2.21. The fourth-order valence-electron chi connectivity index (χ4n) is 2.75. The van der Waals surface area contributed by atoms with Crippen LogP contribution in [0.5, 0.6) is 0 Å². The summed E-state index contributed by atoms with van der Waals surface area (Å²) in [7, 11) is 0. The summed E-state index contributed by atoms with van der Waals surface area (Å²) in [5.74, 6) is -0.758. The normalized spacial score (nSPS) is 10.1. The number of carbonyl (C=O) groups is 2. The third-order valence-electron chi connectivity index (χ3n) is 4.03. The summed E-state index contributed by atoms with van der Waals surface area (Å²) in [4.78, 5) is 25.3. The van der Waals surface area contributed by atoms with Crippen molar-refractivity contribution in [1.82, 2.24) is 0 Å². The number of esters is 1. The molecule has 158 valence electrons. The van der Waals surface area contributed by atoms with E-state index in [1.165, 1.54) is 0 Å². The molecule has 6 heteroatoms. The molecule has 6 nitrogen and oxygen atoms in total. The molecule has 31 heavy (non-hydrogen) atoms. The summed E-state index contributed by atoms with van der Waals surface area (Å²) in [6, 6.07) is 24.0. The van der Waals surface area contributed by atoms with Crippen LogP contribution in [0.25, 0.3) is 11.1 Å². The molecule has 0 saturated carbocycles. The Labute approximate surface area is 181 Å². The predicted molar refractivity (Wildman–Crippen MR) is 119 cm³/mol. The second-order valence-electron chi connectivity index (χ2n) is 7.55. The molecule has 0 spiro atoms. The van der Waals surface area contributed by atoms with E-state index in [0.29, 0.717) is 16.8 Å². The number of carbonyl (C=O) groups excluding carboxylic acids is 2. The predicted octanol–water partition coefficient (Wildman–Crippen LogP) is 5.40. The summed E-state index contributed by atoms with van der Waals surface area (Å²) < 4.78 is 5.51. The monoisotopic (exact) mass is 416 g/mol. The average Bonchev–Trinajstić information content (AvgIpc) is 2.74. The summed E-state index contributed by atoms with van der Waals surface area (Å²) >= 11 is 0. The van der Waals surface area contributed by atoms with Crippen molar-refractivity contribution in [2.75, 3.05) is 5.32 Å². The number of aliphatic hydroxyl groups excluding tert-OH is 1. The van der Waals surface area contributed by atoms with Gasteiger partial charge in [0.1, 0.15) is 5.60 Å². The Morgan fingerprint density at radius 3 is 2.00 bits per heavy atom. The van der Waals surface area contributed by atoms with Crippen LogP contribution in [0.15, 0.2) is 78.9 Å². The highest BCUT2D eigenvalue weighted by atomic mass is 16.6. The summed E-state index contributed by atoms with van der Waals surface area (Å²) in [6.07, 6.45) is 0.750. The van der Waals surface area contributed by atoms with Crippen molar-refractivity contribution in [2.45, 2.75) is 26.4 Å². The van der Waals surface area contributed by atoms with E-state index in [1.54, 1.807) is 36.4 Å². The number of nitrogens with one attached hydrogen (secondary N) is 1. The number of nitrogens with zero attached hydrogens (tertiary/aromatic N) is 1. The van der Waals surface area contributed by atoms with Gasteiger partial charge in [0.25, 0.3) is 12.2 Å².